The molecule has 1 atom stereocenters. The molecule has 0 aliphatic carbocycles. The van der Waals surface area contributed by atoms with Gasteiger partial charge in [0.15, 0.2) is 0 Å². The van der Waals surface area contributed by atoms with Crippen molar-refractivity contribution in [1.82, 2.24) is 9.80 Å². The van der Waals surface area contributed by atoms with Crippen LogP contribution >= 0.6 is 0 Å². The fraction of sp³-hybridized carbons (Fsp3) is 0.455. The molecule has 1 heterocycles. The van der Waals surface area contributed by atoms with Gasteiger partial charge in [0.25, 0.3) is 0 Å². The highest BCUT2D eigenvalue weighted by molar-refractivity contribution is 5.31. The maximum atomic E-state index is 5.24. The molecule has 1 saturated heterocycles. The number of piperazine rings is 1. The molecule has 2 aromatic carbocycles. The van der Waals surface area contributed by atoms with Crippen LogP contribution in [0.25, 0.3) is 0 Å². The molecule has 0 N–H and O–H groups in total. The molecule has 0 radical (unpaired) electrons. The lowest BCUT2D eigenvalue weighted by molar-refractivity contribution is 0.0693. The van der Waals surface area contributed by atoms with Crippen molar-refractivity contribution in [3.05, 3.63) is 71.8 Å². The monoisotopic (exact) mass is 338 g/mol. The molecule has 0 saturated carbocycles. The van der Waals surface area contributed by atoms with Crippen molar-refractivity contribution in [3.8, 4) is 0 Å². The summed E-state index contributed by atoms with van der Waals surface area (Å²) in [7, 11) is 1.79. The molecular weight excluding hydrogens is 308 g/mol. The lowest BCUT2D eigenvalue weighted by atomic mass is 9.96. The van der Waals surface area contributed by atoms with Crippen LogP contribution in [0.3, 0.4) is 0 Å². The van der Waals surface area contributed by atoms with Gasteiger partial charge in [0, 0.05) is 45.9 Å². The van der Waals surface area contributed by atoms with Crippen molar-refractivity contribution >= 4 is 0 Å². The minimum Gasteiger partial charge on any atom is -0.385 e. The van der Waals surface area contributed by atoms with Crippen molar-refractivity contribution in [2.45, 2.75) is 25.4 Å². The summed E-state index contributed by atoms with van der Waals surface area (Å²) in [6.07, 6.45) is 1.11. The number of benzene rings is 2. The molecule has 1 aliphatic rings. The molecule has 0 amide bonds. The highest BCUT2D eigenvalue weighted by Gasteiger charge is 2.27. The van der Waals surface area contributed by atoms with E-state index >= 15 is 0 Å². The van der Waals surface area contributed by atoms with Crippen LogP contribution in [0, 0.1) is 0 Å². The minimum absolute atomic E-state index is 0.346. The molecule has 3 rings (SSSR count). The second-order valence-corrected chi connectivity index (χ2v) is 6.93. The van der Waals surface area contributed by atoms with E-state index in [0.29, 0.717) is 12.1 Å². The van der Waals surface area contributed by atoms with Crippen LogP contribution in [-0.4, -0.2) is 55.7 Å². The summed E-state index contributed by atoms with van der Waals surface area (Å²) in [5.41, 5.74) is 2.77. The van der Waals surface area contributed by atoms with Gasteiger partial charge in [0.1, 0.15) is 0 Å². The second kappa shape index (κ2) is 9.14. The Morgan fingerprint density at radius 1 is 0.800 bits per heavy atom. The lowest BCUT2D eigenvalue weighted by Crippen LogP contribution is -2.50. The Hall–Kier alpha value is -1.68. The highest BCUT2D eigenvalue weighted by atomic mass is 16.5. The predicted octanol–water partition coefficient (Wildman–Crippen LogP) is 3.82. The van der Waals surface area contributed by atoms with E-state index in [2.05, 4.69) is 77.4 Å². The molecule has 2 aromatic rings. The smallest absolute Gasteiger partial charge is 0.0602 e. The van der Waals surface area contributed by atoms with Gasteiger partial charge in [-0.3, -0.25) is 9.80 Å². The molecule has 3 nitrogen and oxygen atoms in total. The fourth-order valence-corrected chi connectivity index (χ4v) is 3.79. The van der Waals surface area contributed by atoms with E-state index in [0.717, 1.165) is 39.2 Å². The summed E-state index contributed by atoms with van der Waals surface area (Å²) in [6, 6.07) is 22.7. The Labute approximate surface area is 152 Å². The van der Waals surface area contributed by atoms with Crippen LogP contribution in [0.1, 0.15) is 30.5 Å². The van der Waals surface area contributed by atoms with Crippen LogP contribution < -0.4 is 0 Å². The molecule has 0 unspecified atom stereocenters. The zero-order valence-electron chi connectivity index (χ0n) is 15.5. The van der Waals surface area contributed by atoms with Crippen molar-refractivity contribution in [2.24, 2.45) is 0 Å². The number of nitrogens with zero attached hydrogens (tertiary/aromatic N) is 2. The minimum atomic E-state index is 0.346. The van der Waals surface area contributed by atoms with Crippen LogP contribution in [0.4, 0.5) is 0 Å². The van der Waals surface area contributed by atoms with E-state index in [1.165, 1.54) is 11.1 Å². The average molecular weight is 338 g/mol. The Morgan fingerprint density at radius 3 is 1.76 bits per heavy atom. The number of hydrogen-bond donors (Lipinski definition) is 0. The summed E-state index contributed by atoms with van der Waals surface area (Å²) in [5.74, 6) is 0. The topological polar surface area (TPSA) is 15.7 Å². The number of rotatable bonds is 7. The van der Waals surface area contributed by atoms with E-state index in [-0.39, 0.29) is 0 Å². The summed E-state index contributed by atoms with van der Waals surface area (Å²) < 4.78 is 5.24. The van der Waals surface area contributed by atoms with E-state index < -0.39 is 0 Å². The number of methoxy groups -OCH3 is 1. The Kier molecular flexibility index (Phi) is 6.62. The second-order valence-electron chi connectivity index (χ2n) is 6.93. The number of ether oxygens (including phenoxy) is 1. The molecule has 1 fully saturated rings. The molecule has 0 aromatic heterocycles. The predicted molar refractivity (Wildman–Crippen MR) is 104 cm³/mol. The first-order chi connectivity index (χ1) is 12.3. The Bertz CT molecular complexity index is 569. The largest absolute Gasteiger partial charge is 0.385 e. The lowest BCUT2D eigenvalue weighted by Gasteiger charge is -2.42. The van der Waals surface area contributed by atoms with Crippen LogP contribution in [-0.2, 0) is 4.74 Å². The molecule has 134 valence electrons. The summed E-state index contributed by atoms with van der Waals surface area (Å²) in [5, 5.41) is 0. The van der Waals surface area contributed by atoms with E-state index in [1.54, 1.807) is 7.11 Å². The van der Waals surface area contributed by atoms with Gasteiger partial charge >= 0.3 is 0 Å². The molecule has 0 bridgehead atoms. The highest BCUT2D eigenvalue weighted by Crippen LogP contribution is 2.29. The fourth-order valence-electron chi connectivity index (χ4n) is 3.79. The van der Waals surface area contributed by atoms with E-state index in [4.69, 9.17) is 4.74 Å². The first-order valence-corrected chi connectivity index (χ1v) is 9.36. The zero-order chi connectivity index (χ0) is 17.5. The van der Waals surface area contributed by atoms with Gasteiger partial charge in [-0.15, -0.1) is 0 Å². The Morgan fingerprint density at radius 2 is 1.28 bits per heavy atom. The van der Waals surface area contributed by atoms with Crippen LogP contribution in [0.5, 0.6) is 0 Å². The van der Waals surface area contributed by atoms with Crippen molar-refractivity contribution in [2.75, 3.05) is 39.9 Å². The number of hydrogen-bond acceptors (Lipinski definition) is 3. The van der Waals surface area contributed by atoms with Crippen molar-refractivity contribution in [1.29, 1.82) is 0 Å². The van der Waals surface area contributed by atoms with Gasteiger partial charge in [-0.25, -0.2) is 0 Å². The first kappa shape index (κ1) is 18.1. The summed E-state index contributed by atoms with van der Waals surface area (Å²) in [6.45, 7) is 7.62. The average Bonchev–Trinajstić information content (AvgIpc) is 2.68. The maximum absolute atomic E-state index is 5.24. The van der Waals surface area contributed by atoms with E-state index in [1.807, 2.05) is 0 Å². The third-order valence-electron chi connectivity index (χ3n) is 5.31. The third kappa shape index (κ3) is 4.69. The standard InChI is InChI=1S/C22H30N2O/c1-19(13-18-25-2)23-14-16-24(17-15-23)22(20-9-5-3-6-10-20)21-11-7-4-8-12-21/h3-12,19,22H,13-18H2,1-2H3/t19-/m0/s1. The van der Waals surface area contributed by atoms with Crippen LogP contribution in [0.15, 0.2) is 60.7 Å². The quantitative estimate of drug-likeness (QED) is 0.763. The van der Waals surface area contributed by atoms with Gasteiger partial charge in [0.05, 0.1) is 6.04 Å². The van der Waals surface area contributed by atoms with Gasteiger partial charge in [-0.05, 0) is 24.5 Å². The zero-order valence-corrected chi connectivity index (χ0v) is 15.5. The van der Waals surface area contributed by atoms with Gasteiger partial charge in [-0.1, -0.05) is 60.7 Å². The SMILES string of the molecule is COCC[C@H](C)N1CCN(C(c2ccccc2)c2ccccc2)CC1. The first-order valence-electron chi connectivity index (χ1n) is 9.36. The van der Waals surface area contributed by atoms with Gasteiger partial charge in [-0.2, -0.15) is 0 Å². The molecule has 1 aliphatic heterocycles. The molecular formula is C22H30N2O. The Balaban J connectivity index is 1.71. The molecule has 3 heteroatoms. The van der Waals surface area contributed by atoms with Crippen molar-refractivity contribution < 1.29 is 4.74 Å². The van der Waals surface area contributed by atoms with Gasteiger partial charge in [0.2, 0.25) is 0 Å². The summed E-state index contributed by atoms with van der Waals surface area (Å²) in [4.78, 5) is 5.23. The molecule has 0 spiro atoms. The van der Waals surface area contributed by atoms with Crippen LogP contribution in [0.2, 0.25) is 0 Å². The van der Waals surface area contributed by atoms with Gasteiger partial charge < -0.3 is 4.74 Å². The maximum Gasteiger partial charge on any atom is 0.0602 e. The normalized spacial score (nSPS) is 17.7. The van der Waals surface area contributed by atoms with Crippen molar-refractivity contribution in [3.63, 3.8) is 0 Å². The van der Waals surface area contributed by atoms with E-state index in [9.17, 15) is 0 Å². The summed E-state index contributed by atoms with van der Waals surface area (Å²) >= 11 is 0. The third-order valence-corrected chi connectivity index (χ3v) is 5.31. The molecule has 25 heavy (non-hydrogen) atoms.